The van der Waals surface area contributed by atoms with Crippen LogP contribution < -0.4 is 0 Å². The molecule has 32 heavy (non-hydrogen) atoms. The summed E-state index contributed by atoms with van der Waals surface area (Å²) in [5.41, 5.74) is 3.66. The van der Waals surface area contributed by atoms with E-state index in [0.29, 0.717) is 49.5 Å². The average molecular weight is 430 g/mol. The predicted molar refractivity (Wildman–Crippen MR) is 119 cm³/mol. The van der Waals surface area contributed by atoms with Crippen LogP contribution in [0.1, 0.15) is 23.8 Å². The molecule has 0 bridgehead atoms. The number of nitrogens with zero attached hydrogens (tertiary/aromatic N) is 3. The molecule has 1 fully saturated rings. The number of rotatable bonds is 5. The van der Waals surface area contributed by atoms with Gasteiger partial charge in [0.05, 0.1) is 36.9 Å². The zero-order valence-electron chi connectivity index (χ0n) is 17.5. The highest BCUT2D eigenvalue weighted by molar-refractivity contribution is 5.84. The molecule has 0 aliphatic carbocycles. The van der Waals surface area contributed by atoms with Gasteiger partial charge in [0.15, 0.2) is 0 Å². The minimum Gasteiger partial charge on any atom is -0.368 e. The Labute approximate surface area is 185 Å². The Morgan fingerprint density at radius 1 is 1.16 bits per heavy atom. The summed E-state index contributed by atoms with van der Waals surface area (Å²) in [7, 11) is 0. The summed E-state index contributed by atoms with van der Waals surface area (Å²) in [5, 5.41) is 1.15. The molecule has 7 heteroatoms. The lowest BCUT2D eigenvalue weighted by Gasteiger charge is -2.32. The van der Waals surface area contributed by atoms with Gasteiger partial charge in [-0.3, -0.25) is 9.78 Å². The standard InChI is InChI=1S/C25H23FN4O2/c26-20-7-3-1-6-19(20)22-14-27-15-23(29-22)24-16-30(11-12-32-24)25(31)10-9-17-13-28-21-8-4-2-5-18(17)21/h1-8,13-15,24,28H,9-12,16H2/t24-/m0/s1. The Morgan fingerprint density at radius 3 is 2.91 bits per heavy atom. The SMILES string of the molecule is O=C(CCc1c[nH]c2ccccc12)N1CCO[C@H](c2cncc(-c3ccccc3F)n2)C1. The lowest BCUT2D eigenvalue weighted by molar-refractivity contribution is -0.139. The molecule has 1 N–H and O–H groups in total. The number of H-pyrrole nitrogens is 1. The third-order valence-corrected chi connectivity index (χ3v) is 5.84. The molecule has 1 amide bonds. The molecular weight excluding hydrogens is 407 g/mol. The second-order valence-corrected chi connectivity index (χ2v) is 7.87. The third kappa shape index (κ3) is 4.11. The van der Waals surface area contributed by atoms with Gasteiger partial charge >= 0.3 is 0 Å². The molecule has 1 atom stereocenters. The molecular formula is C25H23FN4O2. The molecule has 1 aliphatic rings. The number of fused-ring (bicyclic) bond motifs is 1. The summed E-state index contributed by atoms with van der Waals surface area (Å²) in [6.45, 7) is 1.38. The number of ether oxygens (including phenoxy) is 1. The largest absolute Gasteiger partial charge is 0.368 e. The first-order valence-corrected chi connectivity index (χ1v) is 10.7. The predicted octanol–water partition coefficient (Wildman–Crippen LogP) is 4.30. The van der Waals surface area contributed by atoms with Crippen LogP contribution in [-0.4, -0.2) is 45.5 Å². The number of hydrogen-bond donors (Lipinski definition) is 1. The molecule has 2 aromatic carbocycles. The van der Waals surface area contributed by atoms with Crippen LogP contribution in [0.15, 0.2) is 67.1 Å². The van der Waals surface area contributed by atoms with E-state index in [1.165, 1.54) is 12.3 Å². The van der Waals surface area contributed by atoms with Crippen molar-refractivity contribution in [3.05, 3.63) is 84.2 Å². The quantitative estimate of drug-likeness (QED) is 0.513. The van der Waals surface area contributed by atoms with Crippen LogP contribution in [0.4, 0.5) is 4.39 Å². The molecule has 6 nitrogen and oxygen atoms in total. The van der Waals surface area contributed by atoms with Crippen molar-refractivity contribution in [2.75, 3.05) is 19.7 Å². The Bertz CT molecular complexity index is 1260. The lowest BCUT2D eigenvalue weighted by Crippen LogP contribution is -2.42. The normalized spacial score (nSPS) is 16.4. The number of benzene rings is 2. The van der Waals surface area contributed by atoms with Gasteiger partial charge in [-0.15, -0.1) is 0 Å². The van der Waals surface area contributed by atoms with E-state index in [0.717, 1.165) is 16.5 Å². The Morgan fingerprint density at radius 2 is 2.00 bits per heavy atom. The van der Waals surface area contributed by atoms with Crippen molar-refractivity contribution < 1.29 is 13.9 Å². The van der Waals surface area contributed by atoms with Crippen molar-refractivity contribution in [2.45, 2.75) is 18.9 Å². The van der Waals surface area contributed by atoms with E-state index in [-0.39, 0.29) is 17.8 Å². The molecule has 5 rings (SSSR count). The number of aromatic nitrogens is 3. The van der Waals surface area contributed by atoms with Gasteiger partial charge in [0.1, 0.15) is 11.9 Å². The van der Waals surface area contributed by atoms with Crippen LogP contribution >= 0.6 is 0 Å². The number of nitrogens with one attached hydrogen (secondary N) is 1. The summed E-state index contributed by atoms with van der Waals surface area (Å²) >= 11 is 0. The minimum atomic E-state index is -0.389. The number of carbonyl (C=O) groups excluding carboxylic acids is 1. The van der Waals surface area contributed by atoms with Crippen molar-refractivity contribution in [3.8, 4) is 11.3 Å². The number of hydrogen-bond acceptors (Lipinski definition) is 4. The maximum atomic E-state index is 14.2. The number of aromatic amines is 1. The van der Waals surface area contributed by atoms with Crippen LogP contribution in [0, 0.1) is 5.82 Å². The topological polar surface area (TPSA) is 71.1 Å². The maximum Gasteiger partial charge on any atom is 0.223 e. The molecule has 0 saturated carbocycles. The zero-order valence-corrected chi connectivity index (χ0v) is 17.5. The summed E-state index contributed by atoms with van der Waals surface area (Å²) in [5.74, 6) is -0.264. The molecule has 3 heterocycles. The zero-order chi connectivity index (χ0) is 21.9. The number of para-hydroxylation sites is 1. The van der Waals surface area contributed by atoms with Crippen molar-refractivity contribution >= 4 is 16.8 Å². The molecule has 0 spiro atoms. The second-order valence-electron chi connectivity index (χ2n) is 7.87. The van der Waals surface area contributed by atoms with Gasteiger partial charge in [-0.25, -0.2) is 9.37 Å². The van der Waals surface area contributed by atoms with Gasteiger partial charge in [0, 0.05) is 35.6 Å². The third-order valence-electron chi connectivity index (χ3n) is 5.84. The molecule has 162 valence electrons. The smallest absolute Gasteiger partial charge is 0.223 e. The monoisotopic (exact) mass is 430 g/mol. The van der Waals surface area contributed by atoms with Gasteiger partial charge in [-0.05, 0) is 30.2 Å². The number of aryl methyl sites for hydroxylation is 1. The van der Waals surface area contributed by atoms with E-state index in [2.05, 4.69) is 21.0 Å². The van der Waals surface area contributed by atoms with Crippen LogP contribution in [0.5, 0.6) is 0 Å². The number of carbonyl (C=O) groups is 1. The molecule has 4 aromatic rings. The van der Waals surface area contributed by atoms with Crippen LogP contribution in [0.3, 0.4) is 0 Å². The van der Waals surface area contributed by atoms with Crippen LogP contribution in [-0.2, 0) is 16.0 Å². The fourth-order valence-electron chi connectivity index (χ4n) is 4.13. The Hall–Kier alpha value is -3.58. The lowest BCUT2D eigenvalue weighted by atomic mass is 10.1. The Balaban J connectivity index is 1.27. The van der Waals surface area contributed by atoms with E-state index in [9.17, 15) is 9.18 Å². The summed E-state index contributed by atoms with van der Waals surface area (Å²) in [6.07, 6.45) is 5.84. The maximum absolute atomic E-state index is 14.2. The van der Waals surface area contributed by atoms with Gasteiger partial charge < -0.3 is 14.6 Å². The fourth-order valence-corrected chi connectivity index (χ4v) is 4.13. The summed E-state index contributed by atoms with van der Waals surface area (Å²) < 4.78 is 20.0. The molecule has 2 aromatic heterocycles. The van der Waals surface area contributed by atoms with Gasteiger partial charge in [-0.2, -0.15) is 0 Å². The highest BCUT2D eigenvalue weighted by Crippen LogP contribution is 2.25. The van der Waals surface area contributed by atoms with Crippen molar-refractivity contribution in [2.24, 2.45) is 0 Å². The van der Waals surface area contributed by atoms with E-state index < -0.39 is 0 Å². The van der Waals surface area contributed by atoms with E-state index in [1.54, 1.807) is 24.4 Å². The van der Waals surface area contributed by atoms with Crippen molar-refractivity contribution in [1.82, 2.24) is 19.9 Å². The van der Waals surface area contributed by atoms with E-state index >= 15 is 0 Å². The molecule has 1 aliphatic heterocycles. The number of halogens is 1. The minimum absolute atomic E-state index is 0.0850. The van der Waals surface area contributed by atoms with Crippen molar-refractivity contribution in [1.29, 1.82) is 0 Å². The highest BCUT2D eigenvalue weighted by atomic mass is 19.1. The van der Waals surface area contributed by atoms with Crippen LogP contribution in [0.2, 0.25) is 0 Å². The molecule has 0 radical (unpaired) electrons. The summed E-state index contributed by atoms with van der Waals surface area (Å²) in [6, 6.07) is 14.6. The number of morpholine rings is 1. The van der Waals surface area contributed by atoms with E-state index in [1.807, 2.05) is 29.3 Å². The molecule has 0 unspecified atom stereocenters. The Kier molecular flexibility index (Phi) is 5.64. The first-order valence-electron chi connectivity index (χ1n) is 10.7. The van der Waals surface area contributed by atoms with Crippen LogP contribution in [0.25, 0.3) is 22.2 Å². The van der Waals surface area contributed by atoms with Gasteiger partial charge in [-0.1, -0.05) is 30.3 Å². The first kappa shape index (κ1) is 20.3. The number of amides is 1. The highest BCUT2D eigenvalue weighted by Gasteiger charge is 2.27. The van der Waals surface area contributed by atoms with Crippen molar-refractivity contribution in [3.63, 3.8) is 0 Å². The fraction of sp³-hybridized carbons (Fsp3) is 0.240. The first-order chi connectivity index (χ1) is 15.7. The van der Waals surface area contributed by atoms with Gasteiger partial charge in [0.25, 0.3) is 0 Å². The van der Waals surface area contributed by atoms with E-state index in [4.69, 9.17) is 4.74 Å². The van der Waals surface area contributed by atoms with Gasteiger partial charge in [0.2, 0.25) is 5.91 Å². The summed E-state index contributed by atoms with van der Waals surface area (Å²) in [4.78, 5) is 26.8. The second kappa shape index (κ2) is 8.88. The average Bonchev–Trinajstić information content (AvgIpc) is 3.26. The molecule has 1 saturated heterocycles.